The maximum absolute atomic E-state index is 5.53. The molecule has 2 rings (SSSR count). The molecule has 1 aromatic carbocycles. The maximum Gasteiger partial charge on any atom is 0.191 e. The summed E-state index contributed by atoms with van der Waals surface area (Å²) < 4.78 is 18.3. The van der Waals surface area contributed by atoms with Crippen molar-refractivity contribution in [3.05, 3.63) is 34.6 Å². The van der Waals surface area contributed by atoms with Gasteiger partial charge in [-0.15, -0.1) is 0 Å². The summed E-state index contributed by atoms with van der Waals surface area (Å²) in [5, 5.41) is 11.1. The van der Waals surface area contributed by atoms with Crippen LogP contribution in [0.2, 0.25) is 0 Å². The van der Waals surface area contributed by atoms with Crippen LogP contribution in [0, 0.1) is 13.8 Å². The molecule has 0 bridgehead atoms. The molecule has 0 aliphatic rings. The summed E-state index contributed by atoms with van der Waals surface area (Å²) in [6.45, 7) is 8.17. The van der Waals surface area contributed by atoms with Crippen LogP contribution in [0.4, 0.5) is 0 Å². The highest BCUT2D eigenvalue weighted by Crippen LogP contribution is 2.34. The molecule has 8 nitrogen and oxygen atoms in total. The summed E-state index contributed by atoms with van der Waals surface area (Å²) in [5.74, 6) is 2.95. The van der Waals surface area contributed by atoms with Gasteiger partial charge in [0.15, 0.2) is 5.96 Å². The fourth-order valence-corrected chi connectivity index (χ4v) is 3.18. The number of methoxy groups -OCH3 is 3. The molecule has 0 aliphatic carbocycles. The number of hydrogen-bond acceptors (Lipinski definition) is 5. The van der Waals surface area contributed by atoms with E-state index in [-0.39, 0.29) is 0 Å². The van der Waals surface area contributed by atoms with E-state index in [0.717, 1.165) is 46.5 Å². The van der Waals surface area contributed by atoms with E-state index in [1.807, 2.05) is 37.7 Å². The van der Waals surface area contributed by atoms with Crippen LogP contribution < -0.4 is 24.8 Å². The smallest absolute Gasteiger partial charge is 0.191 e. The summed E-state index contributed by atoms with van der Waals surface area (Å²) >= 11 is 0. The van der Waals surface area contributed by atoms with Gasteiger partial charge in [0.05, 0.1) is 33.6 Å². The highest BCUT2D eigenvalue weighted by atomic mass is 16.5. The Morgan fingerprint density at radius 3 is 2.17 bits per heavy atom. The average molecular weight is 404 g/mol. The number of guanidine groups is 1. The molecule has 160 valence electrons. The molecule has 1 heterocycles. The Kier molecular flexibility index (Phi) is 8.18. The summed E-state index contributed by atoms with van der Waals surface area (Å²) in [5.41, 5.74) is 4.29. The number of ether oxygens (including phenoxy) is 3. The number of hydrogen-bond donors (Lipinski definition) is 2. The molecule has 0 spiro atoms. The van der Waals surface area contributed by atoms with Gasteiger partial charge in [-0.2, -0.15) is 5.10 Å². The molecule has 0 unspecified atom stereocenters. The minimum absolute atomic E-state index is 0.579. The largest absolute Gasteiger partial charge is 0.496 e. The van der Waals surface area contributed by atoms with Crippen molar-refractivity contribution in [1.82, 2.24) is 20.4 Å². The average Bonchev–Trinajstić information content (AvgIpc) is 2.97. The van der Waals surface area contributed by atoms with Gasteiger partial charge in [0.2, 0.25) is 0 Å². The Balaban J connectivity index is 2.09. The number of aromatic nitrogens is 2. The summed E-state index contributed by atoms with van der Waals surface area (Å²) in [6, 6.07) is 3.73. The van der Waals surface area contributed by atoms with Crippen molar-refractivity contribution in [3.8, 4) is 17.2 Å². The summed E-state index contributed by atoms with van der Waals surface area (Å²) in [4.78, 5) is 4.72. The first-order valence-corrected chi connectivity index (χ1v) is 9.75. The Labute approximate surface area is 173 Å². The van der Waals surface area contributed by atoms with Gasteiger partial charge in [0.1, 0.15) is 17.2 Å². The zero-order valence-corrected chi connectivity index (χ0v) is 18.5. The molecular formula is C21H33N5O3. The third kappa shape index (κ3) is 5.56. The maximum atomic E-state index is 5.53. The molecule has 0 aliphatic heterocycles. The van der Waals surface area contributed by atoms with E-state index < -0.39 is 0 Å². The Hall–Kier alpha value is -2.90. The monoisotopic (exact) mass is 403 g/mol. The third-order valence-electron chi connectivity index (χ3n) is 4.88. The van der Waals surface area contributed by atoms with E-state index in [1.54, 1.807) is 21.3 Å². The van der Waals surface area contributed by atoms with E-state index in [4.69, 9.17) is 19.2 Å². The molecule has 2 aromatic rings. The van der Waals surface area contributed by atoms with Crippen molar-refractivity contribution in [3.63, 3.8) is 0 Å². The lowest BCUT2D eigenvalue weighted by atomic mass is 10.1. The molecule has 0 saturated heterocycles. The Bertz CT molecular complexity index is 820. The van der Waals surface area contributed by atoms with Gasteiger partial charge in [0.25, 0.3) is 0 Å². The molecule has 1 aromatic heterocycles. The predicted molar refractivity (Wildman–Crippen MR) is 115 cm³/mol. The van der Waals surface area contributed by atoms with Crippen LogP contribution in [-0.4, -0.2) is 50.2 Å². The second kappa shape index (κ2) is 10.6. The van der Waals surface area contributed by atoms with Crippen LogP contribution in [0.25, 0.3) is 0 Å². The molecule has 29 heavy (non-hydrogen) atoms. The highest BCUT2D eigenvalue weighted by molar-refractivity contribution is 5.79. The first-order valence-electron chi connectivity index (χ1n) is 9.75. The van der Waals surface area contributed by atoms with Crippen LogP contribution in [0.15, 0.2) is 17.1 Å². The van der Waals surface area contributed by atoms with E-state index in [2.05, 4.69) is 22.7 Å². The molecule has 0 radical (unpaired) electrons. The third-order valence-corrected chi connectivity index (χ3v) is 4.88. The lowest BCUT2D eigenvalue weighted by molar-refractivity contribution is 0.368. The fourth-order valence-electron chi connectivity index (χ4n) is 3.18. The number of benzene rings is 1. The fraction of sp³-hybridized carbons (Fsp3) is 0.524. The number of rotatable bonds is 9. The van der Waals surface area contributed by atoms with Crippen LogP contribution in [-0.2, 0) is 20.0 Å². The summed E-state index contributed by atoms with van der Waals surface area (Å²) in [6.07, 6.45) is 0.714. The number of aryl methyl sites for hydroxylation is 2. The normalized spacial score (nSPS) is 11.3. The van der Waals surface area contributed by atoms with E-state index >= 15 is 0 Å². The van der Waals surface area contributed by atoms with Gasteiger partial charge in [-0.3, -0.25) is 4.68 Å². The zero-order chi connectivity index (χ0) is 21.4. The van der Waals surface area contributed by atoms with E-state index in [1.165, 1.54) is 0 Å². The first-order chi connectivity index (χ1) is 13.9. The number of nitrogens with zero attached hydrogens (tertiary/aromatic N) is 3. The highest BCUT2D eigenvalue weighted by Gasteiger charge is 2.13. The molecule has 8 heteroatoms. The van der Waals surface area contributed by atoms with Crippen molar-refractivity contribution in [2.45, 2.75) is 33.7 Å². The molecule has 0 saturated carbocycles. The molecular weight excluding hydrogens is 370 g/mol. The van der Waals surface area contributed by atoms with Crippen LogP contribution in [0.5, 0.6) is 17.2 Å². The van der Waals surface area contributed by atoms with E-state index in [0.29, 0.717) is 25.3 Å². The molecule has 2 N–H and O–H groups in total. The van der Waals surface area contributed by atoms with Crippen LogP contribution in [0.1, 0.15) is 29.4 Å². The van der Waals surface area contributed by atoms with Gasteiger partial charge in [-0.05, 0) is 27.2 Å². The minimum atomic E-state index is 0.579. The summed E-state index contributed by atoms with van der Waals surface area (Å²) in [7, 11) is 6.87. The predicted octanol–water partition coefficient (Wildman–Crippen LogP) is 2.36. The number of nitrogens with one attached hydrogen (secondary N) is 2. The first kappa shape index (κ1) is 22.4. The molecule has 0 fully saturated rings. The molecule has 0 amide bonds. The van der Waals surface area contributed by atoms with Crippen molar-refractivity contribution in [2.75, 3.05) is 34.4 Å². The van der Waals surface area contributed by atoms with Gasteiger partial charge in [0, 0.05) is 49.1 Å². The van der Waals surface area contributed by atoms with E-state index in [9.17, 15) is 0 Å². The molecule has 0 atom stereocenters. The van der Waals surface area contributed by atoms with Crippen molar-refractivity contribution < 1.29 is 14.2 Å². The number of aliphatic imine (C=N–C) groups is 1. The van der Waals surface area contributed by atoms with Crippen LogP contribution in [0.3, 0.4) is 0 Å². The van der Waals surface area contributed by atoms with Gasteiger partial charge in [-0.1, -0.05) is 0 Å². The quantitative estimate of drug-likeness (QED) is 0.494. The Morgan fingerprint density at radius 2 is 1.69 bits per heavy atom. The SMILES string of the molecule is CCNC(=NCc1c(C)nn(C)c1C)NCCc1c(OC)cc(OC)cc1OC. The Morgan fingerprint density at radius 1 is 1.03 bits per heavy atom. The second-order valence-electron chi connectivity index (χ2n) is 6.66. The zero-order valence-electron chi connectivity index (χ0n) is 18.5. The minimum Gasteiger partial charge on any atom is -0.496 e. The topological polar surface area (TPSA) is 81.9 Å². The van der Waals surface area contributed by atoms with Gasteiger partial charge < -0.3 is 24.8 Å². The van der Waals surface area contributed by atoms with Crippen molar-refractivity contribution in [1.29, 1.82) is 0 Å². The second-order valence-corrected chi connectivity index (χ2v) is 6.66. The van der Waals surface area contributed by atoms with Crippen LogP contribution >= 0.6 is 0 Å². The standard InChI is InChI=1S/C21H33N5O3/c1-8-22-21(24-13-18-14(2)25-26(4)15(18)3)23-10-9-17-19(28-6)11-16(27-5)12-20(17)29-7/h11-12H,8-10,13H2,1-7H3,(H2,22,23,24). The van der Waals surface area contributed by atoms with Gasteiger partial charge >= 0.3 is 0 Å². The lowest BCUT2D eigenvalue weighted by Gasteiger charge is -2.16. The van der Waals surface area contributed by atoms with Crippen molar-refractivity contribution >= 4 is 5.96 Å². The van der Waals surface area contributed by atoms with Gasteiger partial charge in [-0.25, -0.2) is 4.99 Å². The van der Waals surface area contributed by atoms with Crippen molar-refractivity contribution in [2.24, 2.45) is 12.0 Å². The lowest BCUT2D eigenvalue weighted by Crippen LogP contribution is -2.38.